The second-order valence-electron chi connectivity index (χ2n) is 5.31. The lowest BCUT2D eigenvalue weighted by Gasteiger charge is -2.24. The van der Waals surface area contributed by atoms with Gasteiger partial charge in [-0.1, -0.05) is 18.2 Å². The molecule has 0 heterocycles. The van der Waals surface area contributed by atoms with Crippen molar-refractivity contribution in [3.05, 3.63) is 34.9 Å². The Morgan fingerprint density at radius 3 is 2.33 bits per heavy atom. The summed E-state index contributed by atoms with van der Waals surface area (Å²) < 4.78 is 22.1. The molecule has 0 saturated heterocycles. The normalized spacial score (nSPS) is 15.4. The van der Waals surface area contributed by atoms with E-state index in [9.17, 15) is 13.5 Å². The Morgan fingerprint density at radius 2 is 1.83 bits per heavy atom. The fourth-order valence-electron chi connectivity index (χ4n) is 1.90. The molecule has 0 spiro atoms. The maximum absolute atomic E-state index is 11.1. The van der Waals surface area contributed by atoms with Crippen LogP contribution in [0.3, 0.4) is 0 Å². The van der Waals surface area contributed by atoms with Crippen LogP contribution in [0.2, 0.25) is 0 Å². The quantitative estimate of drug-likeness (QED) is 0.893. The van der Waals surface area contributed by atoms with E-state index in [1.807, 2.05) is 32.0 Å². The Bertz CT molecular complexity index is 516. The predicted molar refractivity (Wildman–Crippen MR) is 74.4 cm³/mol. The first kappa shape index (κ1) is 15.2. The van der Waals surface area contributed by atoms with Crippen molar-refractivity contribution in [3.8, 4) is 0 Å². The zero-order chi connectivity index (χ0) is 14.0. The number of rotatable bonds is 5. The van der Waals surface area contributed by atoms with Crippen molar-refractivity contribution in [1.29, 1.82) is 0 Å². The molecule has 1 rings (SSSR count). The largest absolute Gasteiger partial charge is 0.385 e. The molecule has 1 atom stereocenters. The molecular formula is C14H22O3S. The van der Waals surface area contributed by atoms with Crippen LogP contribution in [0.5, 0.6) is 0 Å². The van der Waals surface area contributed by atoms with E-state index in [4.69, 9.17) is 0 Å². The van der Waals surface area contributed by atoms with E-state index in [-0.39, 0.29) is 5.75 Å². The lowest BCUT2D eigenvalue weighted by atomic mass is 9.89. The second-order valence-corrected chi connectivity index (χ2v) is 7.57. The molecule has 102 valence electrons. The Balaban J connectivity index is 2.76. The zero-order valence-corrected chi connectivity index (χ0v) is 12.3. The third kappa shape index (κ3) is 4.42. The van der Waals surface area contributed by atoms with E-state index in [0.717, 1.165) is 11.1 Å². The average Bonchev–Trinajstić information content (AvgIpc) is 2.19. The topological polar surface area (TPSA) is 54.4 Å². The molecule has 0 amide bonds. The van der Waals surface area contributed by atoms with Crippen molar-refractivity contribution in [3.63, 3.8) is 0 Å². The molecule has 0 saturated carbocycles. The molecule has 4 heteroatoms. The highest BCUT2D eigenvalue weighted by Crippen LogP contribution is 2.27. The first-order chi connectivity index (χ1) is 8.12. The summed E-state index contributed by atoms with van der Waals surface area (Å²) in [5, 5.41) is 10.4. The van der Waals surface area contributed by atoms with E-state index >= 15 is 0 Å². The summed E-state index contributed by atoms with van der Waals surface area (Å²) in [6.45, 7) is 5.77. The van der Waals surface area contributed by atoms with Gasteiger partial charge in [-0.05, 0) is 50.3 Å². The second kappa shape index (κ2) is 5.41. The van der Waals surface area contributed by atoms with Gasteiger partial charge in [0, 0.05) is 12.0 Å². The minimum absolute atomic E-state index is 0.119. The number of aryl methyl sites for hydroxylation is 2. The minimum Gasteiger partial charge on any atom is -0.385 e. The van der Waals surface area contributed by atoms with Gasteiger partial charge in [-0.15, -0.1) is 0 Å². The van der Waals surface area contributed by atoms with Crippen molar-refractivity contribution in [2.45, 2.75) is 39.2 Å². The van der Waals surface area contributed by atoms with Crippen LogP contribution < -0.4 is 0 Å². The Hall–Kier alpha value is -0.870. The van der Waals surface area contributed by atoms with Gasteiger partial charge in [-0.3, -0.25) is 0 Å². The first-order valence-corrected chi connectivity index (χ1v) is 8.16. The van der Waals surface area contributed by atoms with Gasteiger partial charge >= 0.3 is 0 Å². The van der Waals surface area contributed by atoms with Gasteiger partial charge in [0.1, 0.15) is 9.84 Å². The number of aliphatic hydroxyl groups is 1. The van der Waals surface area contributed by atoms with E-state index in [1.165, 1.54) is 11.8 Å². The van der Waals surface area contributed by atoms with Gasteiger partial charge in [0.2, 0.25) is 0 Å². The summed E-state index contributed by atoms with van der Waals surface area (Å²) in [6, 6.07) is 5.86. The van der Waals surface area contributed by atoms with Crippen molar-refractivity contribution in [2.75, 3.05) is 12.0 Å². The predicted octanol–water partition coefficient (Wildman–Crippen LogP) is 2.34. The van der Waals surface area contributed by atoms with Crippen LogP contribution in [0, 0.1) is 13.8 Å². The highest BCUT2D eigenvalue weighted by atomic mass is 32.2. The van der Waals surface area contributed by atoms with Gasteiger partial charge in [0.25, 0.3) is 0 Å². The third-order valence-corrected chi connectivity index (χ3v) is 4.34. The Labute approximate surface area is 110 Å². The van der Waals surface area contributed by atoms with Crippen LogP contribution in [-0.4, -0.2) is 25.5 Å². The fourth-order valence-corrected chi connectivity index (χ4v) is 2.57. The average molecular weight is 270 g/mol. The molecule has 1 aromatic carbocycles. The standard InChI is InChI=1S/C14H22O3S/c1-11-6-7-13(10-12(11)2)14(3,15)8-5-9-18(4,16)17/h6-7,10,15H,5,8-9H2,1-4H3. The van der Waals surface area contributed by atoms with Crippen molar-refractivity contribution in [2.24, 2.45) is 0 Å². The highest BCUT2D eigenvalue weighted by Gasteiger charge is 2.23. The lowest BCUT2D eigenvalue weighted by molar-refractivity contribution is 0.0471. The summed E-state index contributed by atoms with van der Waals surface area (Å²) in [5.41, 5.74) is 2.20. The number of hydrogen-bond donors (Lipinski definition) is 1. The Morgan fingerprint density at radius 1 is 1.22 bits per heavy atom. The molecular weight excluding hydrogens is 248 g/mol. The van der Waals surface area contributed by atoms with Crippen LogP contribution in [0.25, 0.3) is 0 Å². The summed E-state index contributed by atoms with van der Waals surface area (Å²) in [5.74, 6) is 0.119. The molecule has 1 unspecified atom stereocenters. The van der Waals surface area contributed by atoms with Crippen LogP contribution in [-0.2, 0) is 15.4 Å². The van der Waals surface area contributed by atoms with E-state index in [2.05, 4.69) is 0 Å². The van der Waals surface area contributed by atoms with Crippen LogP contribution >= 0.6 is 0 Å². The van der Waals surface area contributed by atoms with Gasteiger partial charge in [0.15, 0.2) is 0 Å². The minimum atomic E-state index is -2.95. The summed E-state index contributed by atoms with van der Waals surface area (Å²) in [6.07, 6.45) is 2.14. The highest BCUT2D eigenvalue weighted by molar-refractivity contribution is 7.90. The van der Waals surface area contributed by atoms with Crippen molar-refractivity contribution < 1.29 is 13.5 Å². The molecule has 1 N–H and O–H groups in total. The molecule has 0 aliphatic heterocycles. The molecule has 3 nitrogen and oxygen atoms in total. The van der Waals surface area contributed by atoms with Gasteiger partial charge < -0.3 is 5.11 Å². The van der Waals surface area contributed by atoms with E-state index < -0.39 is 15.4 Å². The molecule has 0 aliphatic rings. The van der Waals surface area contributed by atoms with Crippen molar-refractivity contribution >= 4 is 9.84 Å². The molecule has 0 radical (unpaired) electrons. The smallest absolute Gasteiger partial charge is 0.147 e. The summed E-state index contributed by atoms with van der Waals surface area (Å²) in [4.78, 5) is 0. The van der Waals surface area contributed by atoms with Crippen LogP contribution in [0.15, 0.2) is 18.2 Å². The molecule has 0 aromatic heterocycles. The SMILES string of the molecule is Cc1ccc(C(C)(O)CCCS(C)(=O)=O)cc1C. The fraction of sp³-hybridized carbons (Fsp3) is 0.571. The summed E-state index contributed by atoms with van der Waals surface area (Å²) in [7, 11) is -2.95. The lowest BCUT2D eigenvalue weighted by Crippen LogP contribution is -2.22. The molecule has 0 aliphatic carbocycles. The molecule has 18 heavy (non-hydrogen) atoms. The van der Waals surface area contributed by atoms with Gasteiger partial charge in [-0.2, -0.15) is 0 Å². The number of sulfone groups is 1. The molecule has 0 bridgehead atoms. The number of hydrogen-bond acceptors (Lipinski definition) is 3. The maximum Gasteiger partial charge on any atom is 0.147 e. The zero-order valence-electron chi connectivity index (χ0n) is 11.5. The molecule has 1 aromatic rings. The Kier molecular flexibility index (Phi) is 4.56. The van der Waals surface area contributed by atoms with Gasteiger partial charge in [0.05, 0.1) is 5.60 Å². The number of benzene rings is 1. The third-order valence-electron chi connectivity index (χ3n) is 3.31. The van der Waals surface area contributed by atoms with E-state index in [0.29, 0.717) is 12.8 Å². The van der Waals surface area contributed by atoms with Gasteiger partial charge in [-0.25, -0.2) is 8.42 Å². The summed E-state index contributed by atoms with van der Waals surface area (Å²) >= 11 is 0. The maximum atomic E-state index is 11.1. The van der Waals surface area contributed by atoms with Crippen LogP contribution in [0.1, 0.15) is 36.5 Å². The van der Waals surface area contributed by atoms with Crippen LogP contribution in [0.4, 0.5) is 0 Å². The van der Waals surface area contributed by atoms with E-state index in [1.54, 1.807) is 6.92 Å². The molecule has 0 fully saturated rings. The monoisotopic (exact) mass is 270 g/mol. The first-order valence-electron chi connectivity index (χ1n) is 6.10. The van der Waals surface area contributed by atoms with Crippen molar-refractivity contribution in [1.82, 2.24) is 0 Å².